The highest BCUT2D eigenvalue weighted by Gasteiger charge is 2.09. The average molecular weight is 328 g/mol. The Morgan fingerprint density at radius 2 is 1.92 bits per heavy atom. The van der Waals surface area contributed by atoms with Gasteiger partial charge in [-0.1, -0.05) is 23.4 Å². The predicted molar refractivity (Wildman–Crippen MR) is 82.9 cm³/mol. The van der Waals surface area contributed by atoms with Crippen LogP contribution in [0.5, 0.6) is 5.75 Å². The van der Waals surface area contributed by atoms with E-state index in [1.165, 1.54) is 0 Å². The van der Waals surface area contributed by atoms with Crippen LogP contribution >= 0.6 is 0 Å². The maximum atomic E-state index is 11.7. The standard InChI is InChI=1S/C16H16N4O4/c21-16(17-9-13-7-4-8-22-13)18-10-15-19-14(20-24-15)11-23-12-5-2-1-3-6-12/h1-8H,9-11H2,(H2,17,18,21). The molecule has 0 fully saturated rings. The number of aromatic nitrogens is 2. The summed E-state index contributed by atoms with van der Waals surface area (Å²) in [6.07, 6.45) is 1.55. The quantitative estimate of drug-likeness (QED) is 0.689. The van der Waals surface area contributed by atoms with Gasteiger partial charge in [0.25, 0.3) is 0 Å². The van der Waals surface area contributed by atoms with E-state index in [-0.39, 0.29) is 19.2 Å². The Labute approximate surface area is 137 Å². The molecule has 0 aliphatic rings. The monoisotopic (exact) mass is 328 g/mol. The molecule has 24 heavy (non-hydrogen) atoms. The largest absolute Gasteiger partial charge is 0.485 e. The van der Waals surface area contributed by atoms with Crippen LogP contribution in [-0.4, -0.2) is 16.2 Å². The van der Waals surface area contributed by atoms with E-state index in [4.69, 9.17) is 13.7 Å². The van der Waals surface area contributed by atoms with Gasteiger partial charge in [-0.25, -0.2) is 4.79 Å². The lowest BCUT2D eigenvalue weighted by molar-refractivity contribution is 0.237. The van der Waals surface area contributed by atoms with Crippen molar-refractivity contribution in [3.63, 3.8) is 0 Å². The van der Waals surface area contributed by atoms with Gasteiger partial charge in [-0.3, -0.25) is 0 Å². The number of ether oxygens (including phenoxy) is 1. The fraction of sp³-hybridized carbons (Fsp3) is 0.188. The fourth-order valence-corrected chi connectivity index (χ4v) is 1.88. The second-order valence-electron chi connectivity index (χ2n) is 4.82. The zero-order valence-electron chi connectivity index (χ0n) is 12.8. The van der Waals surface area contributed by atoms with Gasteiger partial charge in [-0.05, 0) is 24.3 Å². The molecule has 8 nitrogen and oxygen atoms in total. The van der Waals surface area contributed by atoms with E-state index in [2.05, 4.69) is 20.8 Å². The molecule has 3 rings (SSSR count). The topological polar surface area (TPSA) is 102 Å². The first-order chi connectivity index (χ1) is 11.8. The fourth-order valence-electron chi connectivity index (χ4n) is 1.88. The SMILES string of the molecule is O=C(NCc1ccco1)NCc1nc(COc2ccccc2)no1. The summed E-state index contributed by atoms with van der Waals surface area (Å²) in [5, 5.41) is 9.07. The van der Waals surface area contributed by atoms with Gasteiger partial charge in [0.15, 0.2) is 6.61 Å². The molecule has 0 aliphatic carbocycles. The number of rotatable bonds is 7. The first-order valence-corrected chi connectivity index (χ1v) is 7.33. The van der Waals surface area contributed by atoms with Crippen LogP contribution in [0.1, 0.15) is 17.5 Å². The molecule has 3 aromatic rings. The van der Waals surface area contributed by atoms with E-state index in [0.717, 1.165) is 5.75 Å². The molecule has 124 valence electrons. The molecule has 2 heterocycles. The lowest BCUT2D eigenvalue weighted by Gasteiger charge is -2.03. The van der Waals surface area contributed by atoms with Gasteiger partial charge in [0.05, 0.1) is 19.4 Å². The number of carbonyl (C=O) groups is 1. The van der Waals surface area contributed by atoms with E-state index < -0.39 is 0 Å². The first-order valence-electron chi connectivity index (χ1n) is 7.33. The van der Waals surface area contributed by atoms with Crippen molar-refractivity contribution in [1.82, 2.24) is 20.8 Å². The lowest BCUT2D eigenvalue weighted by atomic mass is 10.3. The summed E-state index contributed by atoms with van der Waals surface area (Å²) < 4.78 is 15.7. The van der Waals surface area contributed by atoms with E-state index in [0.29, 0.717) is 24.0 Å². The number of nitrogens with zero attached hydrogens (tertiary/aromatic N) is 2. The number of para-hydroxylation sites is 1. The van der Waals surface area contributed by atoms with Gasteiger partial charge in [0.2, 0.25) is 11.7 Å². The second kappa shape index (κ2) is 7.82. The third-order valence-electron chi connectivity index (χ3n) is 3.02. The Balaban J connectivity index is 1.40. The summed E-state index contributed by atoms with van der Waals surface area (Å²) in [6, 6.07) is 12.5. The lowest BCUT2D eigenvalue weighted by Crippen LogP contribution is -2.34. The highest BCUT2D eigenvalue weighted by molar-refractivity contribution is 5.73. The van der Waals surface area contributed by atoms with Crippen molar-refractivity contribution < 1.29 is 18.5 Å². The third-order valence-corrected chi connectivity index (χ3v) is 3.02. The Hall–Kier alpha value is -3.29. The Bertz CT molecular complexity index is 756. The van der Waals surface area contributed by atoms with Gasteiger partial charge < -0.3 is 24.3 Å². The average Bonchev–Trinajstić information content (AvgIpc) is 3.29. The molecule has 0 atom stereocenters. The summed E-state index contributed by atoms with van der Waals surface area (Å²) in [6.45, 7) is 0.624. The van der Waals surface area contributed by atoms with Gasteiger partial charge in [0, 0.05) is 0 Å². The minimum Gasteiger partial charge on any atom is -0.485 e. The molecule has 0 saturated heterocycles. The van der Waals surface area contributed by atoms with Crippen LogP contribution in [0.4, 0.5) is 4.79 Å². The summed E-state index contributed by atoms with van der Waals surface area (Å²) in [5.74, 6) is 2.10. The molecule has 1 aromatic carbocycles. The van der Waals surface area contributed by atoms with Gasteiger partial charge in [0.1, 0.15) is 11.5 Å². The van der Waals surface area contributed by atoms with E-state index in [1.807, 2.05) is 30.3 Å². The van der Waals surface area contributed by atoms with Crippen LogP contribution in [0.3, 0.4) is 0 Å². The molecule has 0 radical (unpaired) electrons. The maximum absolute atomic E-state index is 11.7. The maximum Gasteiger partial charge on any atom is 0.315 e. The van der Waals surface area contributed by atoms with Crippen LogP contribution in [0.25, 0.3) is 0 Å². The number of amides is 2. The van der Waals surface area contributed by atoms with Crippen LogP contribution in [0.15, 0.2) is 57.7 Å². The molecule has 0 saturated carbocycles. The van der Waals surface area contributed by atoms with Crippen LogP contribution in [0, 0.1) is 0 Å². The number of hydrogen-bond acceptors (Lipinski definition) is 6. The third kappa shape index (κ3) is 4.60. The van der Waals surface area contributed by atoms with Gasteiger partial charge in [-0.2, -0.15) is 4.98 Å². The van der Waals surface area contributed by atoms with Crippen molar-refractivity contribution in [2.45, 2.75) is 19.7 Å². The van der Waals surface area contributed by atoms with Crippen molar-refractivity contribution >= 4 is 6.03 Å². The molecular weight excluding hydrogens is 312 g/mol. The number of benzene rings is 1. The molecular formula is C16H16N4O4. The molecule has 2 aromatic heterocycles. The summed E-state index contributed by atoms with van der Waals surface area (Å²) >= 11 is 0. The van der Waals surface area contributed by atoms with Crippen LogP contribution < -0.4 is 15.4 Å². The normalized spacial score (nSPS) is 10.3. The number of nitrogens with one attached hydrogen (secondary N) is 2. The van der Waals surface area contributed by atoms with Crippen LogP contribution in [0.2, 0.25) is 0 Å². The zero-order chi connectivity index (χ0) is 16.6. The molecule has 2 N–H and O–H groups in total. The number of furan rings is 1. The highest BCUT2D eigenvalue weighted by Crippen LogP contribution is 2.10. The molecule has 8 heteroatoms. The zero-order valence-corrected chi connectivity index (χ0v) is 12.8. The number of carbonyl (C=O) groups excluding carboxylic acids is 1. The second-order valence-corrected chi connectivity index (χ2v) is 4.82. The first kappa shape index (κ1) is 15.6. The van der Waals surface area contributed by atoms with Crippen molar-refractivity contribution in [3.05, 3.63) is 66.2 Å². The molecule has 0 bridgehead atoms. The Kier molecular flexibility index (Phi) is 5.08. The Morgan fingerprint density at radius 3 is 2.71 bits per heavy atom. The van der Waals surface area contributed by atoms with Gasteiger partial charge >= 0.3 is 6.03 Å². The van der Waals surface area contributed by atoms with Crippen molar-refractivity contribution in [3.8, 4) is 5.75 Å². The summed E-state index contributed by atoms with van der Waals surface area (Å²) in [5.41, 5.74) is 0. The minimum atomic E-state index is -0.355. The molecule has 0 aliphatic heterocycles. The highest BCUT2D eigenvalue weighted by atomic mass is 16.5. The summed E-state index contributed by atoms with van der Waals surface area (Å²) in [4.78, 5) is 15.8. The number of hydrogen-bond donors (Lipinski definition) is 2. The van der Waals surface area contributed by atoms with Crippen molar-refractivity contribution in [1.29, 1.82) is 0 Å². The smallest absolute Gasteiger partial charge is 0.315 e. The summed E-state index contributed by atoms with van der Waals surface area (Å²) in [7, 11) is 0. The molecule has 0 unspecified atom stereocenters. The number of urea groups is 1. The van der Waals surface area contributed by atoms with E-state index >= 15 is 0 Å². The minimum absolute atomic E-state index is 0.127. The van der Waals surface area contributed by atoms with Crippen molar-refractivity contribution in [2.24, 2.45) is 0 Å². The van der Waals surface area contributed by atoms with Gasteiger partial charge in [-0.15, -0.1) is 0 Å². The molecule has 0 spiro atoms. The van der Waals surface area contributed by atoms with E-state index in [1.54, 1.807) is 18.4 Å². The van der Waals surface area contributed by atoms with Crippen LogP contribution in [-0.2, 0) is 19.7 Å². The predicted octanol–water partition coefficient (Wildman–Crippen LogP) is 2.24. The molecule has 2 amide bonds. The Morgan fingerprint density at radius 1 is 1.08 bits per heavy atom. The van der Waals surface area contributed by atoms with Crippen molar-refractivity contribution in [2.75, 3.05) is 0 Å². The van der Waals surface area contributed by atoms with E-state index in [9.17, 15) is 4.79 Å².